The molecule has 0 unspecified atom stereocenters. The maximum Gasteiger partial charge on any atom is 0.266 e. The standard InChI is InChI=1S/C18H25BrN2O3S/c1-3-15-13-25-18(20-10-5-11-23-4-2)21(15)17(22)12-24-16-8-6-14(19)7-9-16/h6-9,15H,3-5,10-13H2,1-2H3/t15-/m0/s1. The molecule has 1 aliphatic heterocycles. The first kappa shape index (κ1) is 20.3. The highest BCUT2D eigenvalue weighted by molar-refractivity contribution is 9.10. The normalized spacial score (nSPS) is 18.8. The molecule has 2 rings (SSSR count). The molecule has 1 aromatic rings. The van der Waals surface area contributed by atoms with E-state index >= 15 is 0 Å². The minimum Gasteiger partial charge on any atom is -0.484 e. The van der Waals surface area contributed by atoms with E-state index in [1.165, 1.54) is 0 Å². The monoisotopic (exact) mass is 428 g/mol. The van der Waals surface area contributed by atoms with Crippen LogP contribution in [-0.4, -0.2) is 54.1 Å². The van der Waals surface area contributed by atoms with E-state index < -0.39 is 0 Å². The summed E-state index contributed by atoms with van der Waals surface area (Å²) in [6, 6.07) is 7.67. The predicted octanol–water partition coefficient (Wildman–Crippen LogP) is 3.96. The van der Waals surface area contributed by atoms with Gasteiger partial charge in [0.25, 0.3) is 5.91 Å². The van der Waals surface area contributed by atoms with Gasteiger partial charge < -0.3 is 9.47 Å². The van der Waals surface area contributed by atoms with Gasteiger partial charge in [-0.25, -0.2) is 0 Å². The van der Waals surface area contributed by atoms with Gasteiger partial charge in [-0.05, 0) is 44.0 Å². The average molecular weight is 429 g/mol. The summed E-state index contributed by atoms with van der Waals surface area (Å²) in [6.45, 7) is 6.21. The van der Waals surface area contributed by atoms with Gasteiger partial charge in [-0.2, -0.15) is 0 Å². The minimum atomic E-state index is -0.0386. The summed E-state index contributed by atoms with van der Waals surface area (Å²) in [5.41, 5.74) is 0. The Labute approximate surface area is 162 Å². The predicted molar refractivity (Wildman–Crippen MR) is 106 cm³/mol. The number of aliphatic imine (C=N–C) groups is 1. The van der Waals surface area contributed by atoms with Crippen LogP contribution in [0, 0.1) is 0 Å². The smallest absolute Gasteiger partial charge is 0.266 e. The van der Waals surface area contributed by atoms with E-state index in [-0.39, 0.29) is 18.6 Å². The first-order chi connectivity index (χ1) is 12.2. The fourth-order valence-electron chi connectivity index (χ4n) is 2.43. The summed E-state index contributed by atoms with van der Waals surface area (Å²) in [5.74, 6) is 1.54. The molecule has 5 nitrogen and oxygen atoms in total. The second-order valence-electron chi connectivity index (χ2n) is 5.59. The second kappa shape index (κ2) is 10.8. The van der Waals surface area contributed by atoms with Crippen LogP contribution in [0.4, 0.5) is 0 Å². The molecule has 138 valence electrons. The first-order valence-electron chi connectivity index (χ1n) is 8.61. The number of benzene rings is 1. The van der Waals surface area contributed by atoms with Crippen molar-refractivity contribution in [3.63, 3.8) is 0 Å². The highest BCUT2D eigenvalue weighted by atomic mass is 79.9. The molecule has 1 atom stereocenters. The van der Waals surface area contributed by atoms with E-state index in [1.807, 2.05) is 36.1 Å². The zero-order chi connectivity index (χ0) is 18.1. The molecule has 0 aliphatic carbocycles. The number of hydrogen-bond acceptors (Lipinski definition) is 5. The lowest BCUT2D eigenvalue weighted by molar-refractivity contribution is -0.130. The van der Waals surface area contributed by atoms with Crippen molar-refractivity contribution >= 4 is 38.8 Å². The van der Waals surface area contributed by atoms with Gasteiger partial charge in [0, 0.05) is 36.0 Å². The summed E-state index contributed by atoms with van der Waals surface area (Å²) < 4.78 is 11.9. The van der Waals surface area contributed by atoms with E-state index in [0.29, 0.717) is 18.9 Å². The van der Waals surface area contributed by atoms with Crippen molar-refractivity contribution < 1.29 is 14.3 Å². The fraction of sp³-hybridized carbons (Fsp3) is 0.556. The Kier molecular flexibility index (Phi) is 8.78. The number of halogens is 1. The molecule has 7 heteroatoms. The summed E-state index contributed by atoms with van der Waals surface area (Å²) in [6.07, 6.45) is 1.78. The van der Waals surface area contributed by atoms with Crippen LogP contribution in [0.15, 0.2) is 33.7 Å². The molecular weight excluding hydrogens is 404 g/mol. The summed E-state index contributed by atoms with van der Waals surface area (Å²) in [7, 11) is 0. The molecule has 0 bridgehead atoms. The molecule has 0 spiro atoms. The van der Waals surface area contributed by atoms with Crippen LogP contribution in [0.5, 0.6) is 5.75 Å². The number of carbonyl (C=O) groups is 1. The van der Waals surface area contributed by atoms with Gasteiger partial charge in [0.2, 0.25) is 0 Å². The fourth-order valence-corrected chi connectivity index (χ4v) is 4.00. The highest BCUT2D eigenvalue weighted by Gasteiger charge is 2.33. The molecule has 0 aromatic heterocycles. The number of hydrogen-bond donors (Lipinski definition) is 0. The quantitative estimate of drug-likeness (QED) is 0.558. The molecular formula is C18H25BrN2O3S. The third-order valence-corrected chi connectivity index (χ3v) is 5.45. The molecule has 1 aromatic carbocycles. The lowest BCUT2D eigenvalue weighted by Gasteiger charge is -2.23. The van der Waals surface area contributed by atoms with Crippen LogP contribution in [0.1, 0.15) is 26.7 Å². The number of ether oxygens (including phenoxy) is 2. The maximum atomic E-state index is 12.7. The molecule has 1 heterocycles. The summed E-state index contributed by atoms with van der Waals surface area (Å²) >= 11 is 5.04. The van der Waals surface area contributed by atoms with Crippen molar-refractivity contribution in [2.45, 2.75) is 32.7 Å². The number of rotatable bonds is 9. The van der Waals surface area contributed by atoms with Gasteiger partial charge in [-0.15, -0.1) is 0 Å². The second-order valence-corrected chi connectivity index (χ2v) is 7.50. The van der Waals surface area contributed by atoms with E-state index in [0.717, 1.165) is 34.8 Å². The molecule has 1 amide bonds. The minimum absolute atomic E-state index is 0.0245. The highest BCUT2D eigenvalue weighted by Crippen LogP contribution is 2.26. The van der Waals surface area contributed by atoms with Gasteiger partial charge in [-0.1, -0.05) is 34.6 Å². The molecule has 25 heavy (non-hydrogen) atoms. The lowest BCUT2D eigenvalue weighted by atomic mass is 10.2. The number of thioether (sulfide) groups is 1. The van der Waals surface area contributed by atoms with E-state index in [9.17, 15) is 4.79 Å². The zero-order valence-corrected chi connectivity index (χ0v) is 17.1. The zero-order valence-electron chi connectivity index (χ0n) is 14.7. The Morgan fingerprint density at radius 2 is 2.12 bits per heavy atom. The molecule has 0 N–H and O–H groups in total. The van der Waals surface area contributed by atoms with Crippen molar-refractivity contribution in [1.82, 2.24) is 4.90 Å². The Morgan fingerprint density at radius 3 is 2.80 bits per heavy atom. The number of nitrogens with zero attached hydrogens (tertiary/aromatic N) is 2. The largest absolute Gasteiger partial charge is 0.484 e. The van der Waals surface area contributed by atoms with Crippen molar-refractivity contribution in [2.24, 2.45) is 4.99 Å². The van der Waals surface area contributed by atoms with Crippen LogP contribution in [0.2, 0.25) is 0 Å². The Morgan fingerprint density at radius 1 is 1.36 bits per heavy atom. The lowest BCUT2D eigenvalue weighted by Crippen LogP contribution is -2.41. The van der Waals surface area contributed by atoms with E-state index in [4.69, 9.17) is 9.47 Å². The van der Waals surface area contributed by atoms with Gasteiger partial charge in [0.05, 0.1) is 0 Å². The van der Waals surface area contributed by atoms with Crippen LogP contribution in [-0.2, 0) is 9.53 Å². The Hall–Kier alpha value is -1.05. The first-order valence-corrected chi connectivity index (χ1v) is 10.4. The van der Waals surface area contributed by atoms with Crippen LogP contribution in [0.25, 0.3) is 0 Å². The molecule has 1 saturated heterocycles. The molecule has 1 aliphatic rings. The number of carbonyl (C=O) groups excluding carboxylic acids is 1. The van der Waals surface area contributed by atoms with E-state index in [1.54, 1.807) is 11.8 Å². The molecule has 0 saturated carbocycles. The molecule has 0 radical (unpaired) electrons. The van der Waals surface area contributed by atoms with Crippen molar-refractivity contribution in [2.75, 3.05) is 32.1 Å². The van der Waals surface area contributed by atoms with Gasteiger partial charge in [0.15, 0.2) is 11.8 Å². The number of amidine groups is 1. The third kappa shape index (κ3) is 6.31. The SMILES string of the molecule is CCOCCCN=C1SC[C@H](CC)N1C(=O)COc1ccc(Br)cc1. The maximum absolute atomic E-state index is 12.7. The third-order valence-electron chi connectivity index (χ3n) is 3.79. The van der Waals surface area contributed by atoms with Crippen molar-refractivity contribution in [3.8, 4) is 5.75 Å². The van der Waals surface area contributed by atoms with Gasteiger partial charge in [0.1, 0.15) is 5.75 Å². The average Bonchev–Trinajstić information content (AvgIpc) is 3.04. The van der Waals surface area contributed by atoms with Crippen LogP contribution >= 0.6 is 27.7 Å². The van der Waals surface area contributed by atoms with Gasteiger partial charge >= 0.3 is 0 Å². The van der Waals surface area contributed by atoms with Gasteiger partial charge in [-0.3, -0.25) is 14.7 Å². The Balaban J connectivity index is 1.92. The summed E-state index contributed by atoms with van der Waals surface area (Å²) in [4.78, 5) is 19.1. The summed E-state index contributed by atoms with van der Waals surface area (Å²) in [5, 5.41) is 0.813. The van der Waals surface area contributed by atoms with Crippen molar-refractivity contribution in [3.05, 3.63) is 28.7 Å². The Bertz CT molecular complexity index is 580. The van der Waals surface area contributed by atoms with Crippen LogP contribution < -0.4 is 4.74 Å². The van der Waals surface area contributed by atoms with E-state index in [2.05, 4.69) is 27.8 Å². The topological polar surface area (TPSA) is 51.1 Å². The van der Waals surface area contributed by atoms with Crippen LogP contribution in [0.3, 0.4) is 0 Å². The molecule has 1 fully saturated rings. The number of amides is 1. The van der Waals surface area contributed by atoms with Crippen molar-refractivity contribution in [1.29, 1.82) is 0 Å².